The number of hydrogen-bond acceptors (Lipinski definition) is 2. The Bertz CT molecular complexity index is 282. The molecule has 0 aliphatic carbocycles. The summed E-state index contributed by atoms with van der Waals surface area (Å²) in [6.45, 7) is 1.96. The van der Waals surface area contributed by atoms with Gasteiger partial charge in [-0.1, -0.05) is 12.2 Å². The Kier molecular flexibility index (Phi) is 2.67. The minimum Gasteiger partial charge on any atom is -0.454 e. The second kappa shape index (κ2) is 3.36. The van der Waals surface area contributed by atoms with Crippen molar-refractivity contribution in [1.29, 1.82) is 0 Å². The molecule has 0 fully saturated rings. The molecule has 1 aromatic heterocycles. The van der Waals surface area contributed by atoms with E-state index in [1.165, 1.54) is 0 Å². The van der Waals surface area contributed by atoms with Gasteiger partial charge in [0.25, 0.3) is 0 Å². The highest BCUT2D eigenvalue weighted by Crippen LogP contribution is 2.19. The zero-order valence-corrected chi connectivity index (χ0v) is 8.46. The van der Waals surface area contributed by atoms with Gasteiger partial charge in [0.2, 0.25) is 0 Å². The molecule has 1 heterocycles. The molecular weight excluding hydrogens is 226 g/mol. The highest BCUT2D eigenvalue weighted by atomic mass is 79.9. The van der Waals surface area contributed by atoms with Gasteiger partial charge in [-0.2, -0.15) is 0 Å². The highest BCUT2D eigenvalue weighted by Gasteiger charge is 2.05. The Morgan fingerprint density at radius 3 is 2.82 bits per heavy atom. The normalized spacial score (nSPS) is 10.0. The lowest BCUT2D eigenvalue weighted by Crippen LogP contribution is -2.10. The van der Waals surface area contributed by atoms with Crippen LogP contribution in [-0.4, -0.2) is 4.99 Å². The van der Waals surface area contributed by atoms with E-state index < -0.39 is 0 Å². The molecule has 0 saturated heterocycles. The number of rotatable bonds is 2. The van der Waals surface area contributed by atoms with Crippen molar-refractivity contribution in [2.75, 3.05) is 0 Å². The van der Waals surface area contributed by atoms with Crippen LogP contribution in [0, 0.1) is 6.92 Å². The molecule has 0 spiro atoms. The molecule has 0 aromatic carbocycles. The highest BCUT2D eigenvalue weighted by molar-refractivity contribution is 9.10. The van der Waals surface area contributed by atoms with Crippen LogP contribution >= 0.6 is 28.1 Å². The molecule has 0 radical (unpaired) electrons. The fourth-order valence-corrected chi connectivity index (χ4v) is 1.48. The summed E-state index contributed by atoms with van der Waals surface area (Å²) in [6, 6.07) is 1.90. The molecule has 0 amide bonds. The van der Waals surface area contributed by atoms with Crippen molar-refractivity contribution in [3.05, 3.63) is 22.1 Å². The zero-order chi connectivity index (χ0) is 8.43. The minimum atomic E-state index is 0.454. The van der Waals surface area contributed by atoms with E-state index in [2.05, 4.69) is 15.9 Å². The monoisotopic (exact) mass is 233 g/mol. The van der Waals surface area contributed by atoms with Crippen LogP contribution in [0.1, 0.15) is 11.3 Å². The third-order valence-corrected chi connectivity index (χ3v) is 1.86. The van der Waals surface area contributed by atoms with Gasteiger partial charge < -0.3 is 10.2 Å². The summed E-state index contributed by atoms with van der Waals surface area (Å²) in [5.74, 6) is 0.837. The SMILES string of the molecule is Cc1cc(Br)oc1CC(N)=S. The lowest BCUT2D eigenvalue weighted by atomic mass is 10.2. The molecule has 2 N–H and O–H groups in total. The van der Waals surface area contributed by atoms with E-state index >= 15 is 0 Å². The molecule has 0 aliphatic rings. The molecule has 0 saturated carbocycles. The number of furan rings is 1. The molecule has 0 atom stereocenters. The quantitative estimate of drug-likeness (QED) is 0.797. The lowest BCUT2D eigenvalue weighted by molar-refractivity contribution is 0.501. The van der Waals surface area contributed by atoms with Crippen LogP contribution in [-0.2, 0) is 6.42 Å². The van der Waals surface area contributed by atoms with Gasteiger partial charge in [0.1, 0.15) is 5.76 Å². The van der Waals surface area contributed by atoms with Gasteiger partial charge in [-0.05, 0) is 34.5 Å². The Morgan fingerprint density at radius 1 is 1.82 bits per heavy atom. The Balaban J connectivity index is 2.85. The number of nitrogens with two attached hydrogens (primary N) is 1. The first-order valence-electron chi connectivity index (χ1n) is 3.12. The Hall–Kier alpha value is -0.350. The summed E-state index contributed by atoms with van der Waals surface area (Å²) in [5.41, 5.74) is 6.43. The second-order valence-corrected chi connectivity index (χ2v) is 3.61. The van der Waals surface area contributed by atoms with Crippen molar-refractivity contribution in [2.24, 2.45) is 5.73 Å². The molecule has 0 bridgehead atoms. The van der Waals surface area contributed by atoms with Gasteiger partial charge in [0.15, 0.2) is 4.67 Å². The molecule has 60 valence electrons. The summed E-state index contributed by atoms with van der Waals surface area (Å²) in [4.78, 5) is 0.454. The van der Waals surface area contributed by atoms with Crippen molar-refractivity contribution in [2.45, 2.75) is 13.3 Å². The third kappa shape index (κ3) is 2.31. The van der Waals surface area contributed by atoms with Gasteiger partial charge in [-0.25, -0.2) is 0 Å². The van der Waals surface area contributed by atoms with Crippen LogP contribution in [0.4, 0.5) is 0 Å². The first-order chi connectivity index (χ1) is 5.09. The lowest BCUT2D eigenvalue weighted by Gasteiger charge is -1.94. The average molecular weight is 234 g/mol. The van der Waals surface area contributed by atoms with Crippen molar-refractivity contribution in [1.82, 2.24) is 0 Å². The molecule has 1 aromatic rings. The molecule has 4 heteroatoms. The second-order valence-electron chi connectivity index (χ2n) is 2.30. The van der Waals surface area contributed by atoms with Crippen LogP contribution in [0.3, 0.4) is 0 Å². The van der Waals surface area contributed by atoms with E-state index in [1.54, 1.807) is 0 Å². The maximum absolute atomic E-state index is 5.36. The predicted octanol–water partition coefficient (Wildman–Crippen LogP) is 2.18. The van der Waals surface area contributed by atoms with Gasteiger partial charge in [-0.3, -0.25) is 0 Å². The Morgan fingerprint density at radius 2 is 2.45 bits per heavy atom. The number of hydrogen-bond donors (Lipinski definition) is 1. The zero-order valence-electron chi connectivity index (χ0n) is 6.06. The topological polar surface area (TPSA) is 39.2 Å². The predicted molar refractivity (Wildman–Crippen MR) is 51.6 cm³/mol. The fraction of sp³-hybridized carbons (Fsp3) is 0.286. The van der Waals surface area contributed by atoms with E-state index in [0.29, 0.717) is 11.4 Å². The summed E-state index contributed by atoms with van der Waals surface area (Å²) >= 11 is 7.97. The molecule has 0 aliphatic heterocycles. The van der Waals surface area contributed by atoms with Crippen molar-refractivity contribution < 1.29 is 4.42 Å². The standard InChI is InChI=1S/C7H8BrNOS/c1-4-2-6(8)10-5(4)3-7(9)11/h2H,3H2,1H3,(H2,9,11). The summed E-state index contributed by atoms with van der Waals surface area (Å²) in [7, 11) is 0. The maximum Gasteiger partial charge on any atom is 0.169 e. The molecule has 1 rings (SSSR count). The van der Waals surface area contributed by atoms with E-state index in [4.69, 9.17) is 22.4 Å². The van der Waals surface area contributed by atoms with E-state index in [0.717, 1.165) is 16.0 Å². The van der Waals surface area contributed by atoms with Crippen molar-refractivity contribution in [3.8, 4) is 0 Å². The number of thiocarbonyl (C=S) groups is 1. The van der Waals surface area contributed by atoms with Crippen molar-refractivity contribution in [3.63, 3.8) is 0 Å². The van der Waals surface area contributed by atoms with Crippen molar-refractivity contribution >= 4 is 33.1 Å². The summed E-state index contributed by atoms with van der Waals surface area (Å²) in [6.07, 6.45) is 0.534. The molecule has 2 nitrogen and oxygen atoms in total. The maximum atomic E-state index is 5.36. The van der Waals surface area contributed by atoms with Crippen LogP contribution < -0.4 is 5.73 Å². The van der Waals surface area contributed by atoms with Crippen LogP contribution in [0.2, 0.25) is 0 Å². The first kappa shape index (κ1) is 8.74. The van der Waals surface area contributed by atoms with Gasteiger partial charge in [0.05, 0.1) is 11.4 Å². The van der Waals surface area contributed by atoms with Crippen LogP contribution in [0.15, 0.2) is 15.2 Å². The van der Waals surface area contributed by atoms with E-state index in [9.17, 15) is 0 Å². The molecule has 11 heavy (non-hydrogen) atoms. The van der Waals surface area contributed by atoms with Crippen LogP contribution in [0.25, 0.3) is 0 Å². The number of aryl methyl sites for hydroxylation is 1. The summed E-state index contributed by atoms with van der Waals surface area (Å²) in [5, 5.41) is 0. The molecular formula is C7H8BrNOS. The largest absolute Gasteiger partial charge is 0.454 e. The summed E-state index contributed by atoms with van der Waals surface area (Å²) < 4.78 is 6.00. The fourth-order valence-electron chi connectivity index (χ4n) is 0.812. The average Bonchev–Trinajstić information content (AvgIpc) is 2.09. The van der Waals surface area contributed by atoms with E-state index in [1.807, 2.05) is 13.0 Å². The van der Waals surface area contributed by atoms with Crippen LogP contribution in [0.5, 0.6) is 0 Å². The first-order valence-corrected chi connectivity index (χ1v) is 4.33. The molecule has 0 unspecified atom stereocenters. The van der Waals surface area contributed by atoms with Gasteiger partial charge >= 0.3 is 0 Å². The smallest absolute Gasteiger partial charge is 0.169 e. The number of halogens is 1. The van der Waals surface area contributed by atoms with E-state index in [-0.39, 0.29) is 0 Å². The van der Waals surface area contributed by atoms with Gasteiger partial charge in [0, 0.05) is 0 Å². The third-order valence-electron chi connectivity index (χ3n) is 1.33. The van der Waals surface area contributed by atoms with Gasteiger partial charge in [-0.15, -0.1) is 0 Å². The Labute approximate surface area is 78.9 Å². The minimum absolute atomic E-state index is 0.454.